The van der Waals surface area contributed by atoms with Gasteiger partial charge in [0.05, 0.1) is 0 Å². The highest BCUT2D eigenvalue weighted by Gasteiger charge is 2.15. The van der Waals surface area contributed by atoms with Crippen molar-refractivity contribution < 1.29 is 9.37 Å². The monoisotopic (exact) mass is 121 g/mol. The fraction of sp³-hybridized carbons (Fsp3) is 0. The van der Waals surface area contributed by atoms with Crippen molar-refractivity contribution in [3.05, 3.63) is 5.21 Å². The van der Waals surface area contributed by atoms with Crippen LogP contribution in [0.3, 0.4) is 0 Å². The second-order valence-electron chi connectivity index (χ2n) is 0.946. The minimum absolute atomic E-state index is 0.343. The van der Waals surface area contributed by atoms with E-state index in [9.17, 15) is 10.0 Å². The SMILES string of the molecule is O=C1NS[NH+]([O-])N1. The maximum Gasteiger partial charge on any atom is 0.374 e. The van der Waals surface area contributed by atoms with Crippen molar-refractivity contribution in [1.82, 2.24) is 10.1 Å². The van der Waals surface area contributed by atoms with Gasteiger partial charge in [0.25, 0.3) is 0 Å². The smallest absolute Gasteiger partial charge is 0.374 e. The minimum atomic E-state index is -0.435. The van der Waals surface area contributed by atoms with Crippen molar-refractivity contribution in [2.24, 2.45) is 0 Å². The van der Waals surface area contributed by atoms with Crippen LogP contribution in [0.4, 0.5) is 4.79 Å². The topological polar surface area (TPSA) is 68.6 Å². The van der Waals surface area contributed by atoms with Crippen molar-refractivity contribution in [3.63, 3.8) is 0 Å². The first kappa shape index (κ1) is 4.69. The molecule has 6 heteroatoms. The van der Waals surface area contributed by atoms with Gasteiger partial charge in [0.15, 0.2) is 0 Å². The standard InChI is InChI=1S/CH3N3O2S/c5-1-2-4(6)7-3-1/h4H,(H2,2,3,5). The van der Waals surface area contributed by atoms with Crippen LogP contribution >= 0.6 is 12.1 Å². The summed E-state index contributed by atoms with van der Waals surface area (Å²) in [6.45, 7) is 0. The highest BCUT2D eigenvalue weighted by molar-refractivity contribution is 7.91. The van der Waals surface area contributed by atoms with E-state index >= 15 is 0 Å². The zero-order valence-electron chi connectivity index (χ0n) is 3.22. The molecular formula is CH3N3O2S. The first-order valence-corrected chi connectivity index (χ1v) is 2.38. The fourth-order valence-electron chi connectivity index (χ4n) is 0.236. The van der Waals surface area contributed by atoms with Crippen LogP contribution in [-0.4, -0.2) is 6.03 Å². The molecule has 1 heterocycles. The molecule has 0 radical (unpaired) electrons. The highest BCUT2D eigenvalue weighted by Crippen LogP contribution is 1.78. The molecule has 0 saturated carbocycles. The molecule has 0 aliphatic carbocycles. The van der Waals surface area contributed by atoms with Crippen LogP contribution in [0.2, 0.25) is 0 Å². The van der Waals surface area contributed by atoms with Crippen molar-refractivity contribution in [2.45, 2.75) is 0 Å². The van der Waals surface area contributed by atoms with Crippen LogP contribution in [0.15, 0.2) is 0 Å². The number of carbonyl (C=O) groups is 1. The average molecular weight is 121 g/mol. The van der Waals surface area contributed by atoms with Crippen molar-refractivity contribution in [3.8, 4) is 0 Å². The molecule has 1 rings (SSSR count). The van der Waals surface area contributed by atoms with Crippen LogP contribution in [0, 0.1) is 5.21 Å². The summed E-state index contributed by atoms with van der Waals surface area (Å²) < 4.78 is 1.84. The molecule has 1 fully saturated rings. The Morgan fingerprint density at radius 1 is 1.86 bits per heavy atom. The molecular weight excluding hydrogens is 118 g/mol. The summed E-state index contributed by atoms with van der Waals surface area (Å²) in [6.07, 6.45) is 0. The van der Waals surface area contributed by atoms with E-state index in [-0.39, 0.29) is 4.58 Å². The number of hydrogen-bond acceptors (Lipinski definition) is 3. The Balaban J connectivity index is 2.40. The van der Waals surface area contributed by atoms with E-state index in [0.29, 0.717) is 0 Å². The van der Waals surface area contributed by atoms with Gasteiger partial charge in [0, 0.05) is 0 Å². The van der Waals surface area contributed by atoms with Gasteiger partial charge in [-0.05, 0) is 0 Å². The highest BCUT2D eigenvalue weighted by atomic mass is 32.2. The summed E-state index contributed by atoms with van der Waals surface area (Å²) >= 11 is 0.756. The van der Waals surface area contributed by atoms with E-state index in [1.54, 1.807) is 0 Å². The Morgan fingerprint density at radius 2 is 2.57 bits per heavy atom. The van der Waals surface area contributed by atoms with E-state index in [1.807, 2.05) is 5.43 Å². The summed E-state index contributed by atoms with van der Waals surface area (Å²) in [5, 5.41) is 10.0. The Morgan fingerprint density at radius 3 is 2.71 bits per heavy atom. The van der Waals surface area contributed by atoms with Crippen LogP contribution in [0.1, 0.15) is 0 Å². The zero-order chi connectivity index (χ0) is 5.28. The second-order valence-corrected chi connectivity index (χ2v) is 1.72. The maximum atomic E-state index is 10.0. The number of urea groups is 1. The van der Waals surface area contributed by atoms with Gasteiger partial charge < -0.3 is 5.21 Å². The number of amides is 2. The molecule has 5 nitrogen and oxygen atoms in total. The first-order chi connectivity index (χ1) is 3.29. The summed E-state index contributed by atoms with van der Waals surface area (Å²) in [7, 11) is 0. The fourth-order valence-corrected chi connectivity index (χ4v) is 0.617. The molecule has 0 aromatic heterocycles. The van der Waals surface area contributed by atoms with Gasteiger partial charge in [0.2, 0.25) is 12.1 Å². The Bertz CT molecular complexity index is 94.9. The lowest BCUT2D eigenvalue weighted by Crippen LogP contribution is -3.06. The van der Waals surface area contributed by atoms with E-state index in [1.165, 1.54) is 0 Å². The average Bonchev–Trinajstić information content (AvgIpc) is 1.87. The number of nitrogens with one attached hydrogen (secondary N) is 3. The Labute approximate surface area is 43.9 Å². The summed E-state index contributed by atoms with van der Waals surface area (Å²) in [5.74, 6) is 0. The third-order valence-corrected chi connectivity index (χ3v) is 1.03. The van der Waals surface area contributed by atoms with Gasteiger partial charge in [-0.15, -0.1) is 0 Å². The number of carbonyl (C=O) groups excluding carboxylic acids is 1. The molecule has 7 heavy (non-hydrogen) atoms. The third kappa shape index (κ3) is 0.952. The lowest BCUT2D eigenvalue weighted by Gasteiger charge is -2.04. The molecule has 0 aromatic rings. The van der Waals surface area contributed by atoms with Crippen LogP contribution < -0.4 is 14.7 Å². The quantitative estimate of drug-likeness (QED) is 0.260. The van der Waals surface area contributed by atoms with Crippen molar-refractivity contribution in [2.75, 3.05) is 0 Å². The van der Waals surface area contributed by atoms with Crippen LogP contribution in [0.25, 0.3) is 0 Å². The molecule has 0 aromatic carbocycles. The van der Waals surface area contributed by atoms with E-state index in [4.69, 9.17) is 0 Å². The minimum Gasteiger partial charge on any atom is -0.594 e. The third-order valence-electron chi connectivity index (χ3n) is 0.452. The predicted octanol–water partition coefficient (Wildman–Crippen LogP) is -1.84. The zero-order valence-corrected chi connectivity index (χ0v) is 4.04. The number of rotatable bonds is 0. The predicted molar refractivity (Wildman–Crippen MR) is 23.6 cm³/mol. The summed E-state index contributed by atoms with van der Waals surface area (Å²) in [6, 6.07) is -0.435. The van der Waals surface area contributed by atoms with Gasteiger partial charge in [-0.25, -0.2) is 9.52 Å². The first-order valence-electron chi connectivity index (χ1n) is 1.57. The molecule has 1 saturated heterocycles. The van der Waals surface area contributed by atoms with Crippen molar-refractivity contribution >= 4 is 18.2 Å². The molecule has 1 atom stereocenters. The van der Waals surface area contributed by atoms with Gasteiger partial charge in [-0.1, -0.05) is 0 Å². The Hall–Kier alpha value is -0.460. The summed E-state index contributed by atoms with van der Waals surface area (Å²) in [4.78, 5) is 9.99. The van der Waals surface area contributed by atoms with Crippen molar-refractivity contribution in [1.29, 1.82) is 0 Å². The molecule has 2 amide bonds. The summed E-state index contributed by atoms with van der Waals surface area (Å²) in [5.41, 5.74) is 1.99. The molecule has 40 valence electrons. The normalized spacial score (nSPS) is 29.3. The van der Waals surface area contributed by atoms with E-state index in [0.717, 1.165) is 12.1 Å². The molecule has 0 bridgehead atoms. The van der Waals surface area contributed by atoms with Gasteiger partial charge in [0.1, 0.15) is 0 Å². The maximum absolute atomic E-state index is 10.0. The van der Waals surface area contributed by atoms with Crippen LogP contribution in [0.5, 0.6) is 0 Å². The van der Waals surface area contributed by atoms with Gasteiger partial charge >= 0.3 is 6.03 Å². The molecule has 1 aliphatic heterocycles. The second kappa shape index (κ2) is 1.57. The Kier molecular flexibility index (Phi) is 1.05. The van der Waals surface area contributed by atoms with E-state index < -0.39 is 6.03 Å². The molecule has 1 aliphatic rings. The molecule has 3 N–H and O–H groups in total. The van der Waals surface area contributed by atoms with Gasteiger partial charge in [-0.2, -0.15) is 10.0 Å². The lowest BCUT2D eigenvalue weighted by molar-refractivity contribution is -0.733. The van der Waals surface area contributed by atoms with Gasteiger partial charge in [-0.3, -0.25) is 0 Å². The molecule has 0 spiro atoms. The number of quaternary nitrogens is 1. The molecule has 1 unspecified atom stereocenters. The van der Waals surface area contributed by atoms with Crippen LogP contribution in [-0.2, 0) is 0 Å². The lowest BCUT2D eigenvalue weighted by atomic mass is 11.2. The number of hydrogen-bond donors (Lipinski definition) is 3. The van der Waals surface area contributed by atoms with E-state index in [2.05, 4.69) is 4.72 Å². The largest absolute Gasteiger partial charge is 0.594 e.